The lowest BCUT2D eigenvalue weighted by atomic mass is 9.49. The number of ether oxygens (including phenoxy) is 2. The Balaban J connectivity index is 1.02. The fourth-order valence-electron chi connectivity index (χ4n) is 8.74. The van der Waals surface area contributed by atoms with Crippen LogP contribution in [0.25, 0.3) is 0 Å². The summed E-state index contributed by atoms with van der Waals surface area (Å²) in [5.74, 6) is 2.23. The Morgan fingerprint density at radius 3 is 2.73 bits per heavy atom. The van der Waals surface area contributed by atoms with E-state index in [-0.39, 0.29) is 23.5 Å². The van der Waals surface area contributed by atoms with Crippen molar-refractivity contribution in [3.05, 3.63) is 71.9 Å². The summed E-state index contributed by atoms with van der Waals surface area (Å²) in [6.45, 7) is 7.35. The molecule has 1 spiro atoms. The number of allylic oxidation sites excluding steroid dienone is 7. The van der Waals surface area contributed by atoms with Gasteiger partial charge in [0.15, 0.2) is 11.5 Å². The normalized spacial score (nSPS) is 29.2. The molecule has 0 aromatic heterocycles. The summed E-state index contributed by atoms with van der Waals surface area (Å²) in [6, 6.07) is 4.11. The van der Waals surface area contributed by atoms with Crippen molar-refractivity contribution in [2.24, 2.45) is 11.8 Å². The Morgan fingerprint density at radius 2 is 1.93 bits per heavy atom. The molecular weight excluding hydrogens is 546 g/mol. The first-order valence-electron chi connectivity index (χ1n) is 17.6. The van der Waals surface area contributed by atoms with Crippen LogP contribution in [0.3, 0.4) is 0 Å². The number of piperidine rings is 1. The van der Waals surface area contributed by atoms with E-state index < -0.39 is 5.60 Å². The molecule has 6 rings (SSSR count). The van der Waals surface area contributed by atoms with Crippen molar-refractivity contribution in [2.45, 2.75) is 133 Å². The Labute approximate surface area is 264 Å². The molecule has 2 saturated carbocycles. The van der Waals surface area contributed by atoms with E-state index in [1.54, 1.807) is 0 Å². The van der Waals surface area contributed by atoms with Gasteiger partial charge in [0, 0.05) is 18.0 Å². The fourth-order valence-corrected chi connectivity index (χ4v) is 8.74. The summed E-state index contributed by atoms with van der Waals surface area (Å²) in [5, 5.41) is 15.7. The van der Waals surface area contributed by atoms with Crippen molar-refractivity contribution in [3.8, 4) is 11.5 Å². The first-order chi connectivity index (χ1) is 21.4. The van der Waals surface area contributed by atoms with Gasteiger partial charge in [-0.05, 0) is 113 Å². The lowest BCUT2D eigenvalue weighted by Gasteiger charge is -2.60. The standard InChI is InChI=1S/C39H53NO4/c1-3-4-5-6-7-8-9-10-11-14-28(2)15-12-16-30(25-29-18-19-29)26-35(41)43-32-21-20-31-27-33-39(42)22-13-17-34-38(39,23-24-40-33)36(31)37(32)44-34/h4-5,7-8,10-11,20-21,29-30,33-34,40,42H,2-3,6,9,12-19,22-27H2,1H3/b5-4-,8-7-,11-10-/t30?,33?,34-,38+,39+/m0/s1. The van der Waals surface area contributed by atoms with Gasteiger partial charge in [-0.3, -0.25) is 4.79 Å². The predicted octanol–water partition coefficient (Wildman–Crippen LogP) is 8.21. The molecule has 1 aromatic rings. The molecule has 0 amide bonds. The monoisotopic (exact) mass is 599 g/mol. The average Bonchev–Trinajstić information content (AvgIpc) is 3.74. The molecule has 2 bridgehead atoms. The van der Waals surface area contributed by atoms with Crippen LogP contribution >= 0.6 is 0 Å². The number of nitrogens with one attached hydrogen (secondary N) is 1. The number of hydrogen-bond acceptors (Lipinski definition) is 5. The predicted molar refractivity (Wildman–Crippen MR) is 177 cm³/mol. The second-order valence-corrected chi connectivity index (χ2v) is 14.1. The maximum absolute atomic E-state index is 13.4. The number of aliphatic hydroxyl groups is 1. The van der Waals surface area contributed by atoms with Gasteiger partial charge in [0.2, 0.25) is 0 Å². The van der Waals surface area contributed by atoms with Crippen LogP contribution in [-0.2, 0) is 16.6 Å². The molecule has 1 saturated heterocycles. The van der Waals surface area contributed by atoms with Crippen LogP contribution in [0.5, 0.6) is 11.5 Å². The largest absolute Gasteiger partial charge is 0.485 e. The van der Waals surface area contributed by atoms with Crippen molar-refractivity contribution in [2.75, 3.05) is 6.54 Å². The summed E-state index contributed by atoms with van der Waals surface area (Å²) >= 11 is 0. The van der Waals surface area contributed by atoms with Gasteiger partial charge in [0.05, 0.1) is 11.0 Å². The van der Waals surface area contributed by atoms with Crippen molar-refractivity contribution >= 4 is 5.97 Å². The average molecular weight is 600 g/mol. The number of carbonyl (C=O) groups is 1. The van der Waals surface area contributed by atoms with Gasteiger partial charge < -0.3 is 19.9 Å². The molecule has 5 atom stereocenters. The van der Waals surface area contributed by atoms with Crippen LogP contribution in [0.1, 0.15) is 114 Å². The van der Waals surface area contributed by atoms with Gasteiger partial charge in [0.1, 0.15) is 6.10 Å². The summed E-state index contributed by atoms with van der Waals surface area (Å²) in [6.07, 6.45) is 28.9. The SMILES string of the molecule is C=C(C/C=C\C/C=C\C/C=C\CC)CCCC(CC(=O)Oc1ccc2c3c1O[C@H]1CCC[C@@]4(O)C(C2)NCC[C@]314)CC1CC1. The van der Waals surface area contributed by atoms with Crippen molar-refractivity contribution in [1.29, 1.82) is 0 Å². The molecule has 3 fully saturated rings. The van der Waals surface area contributed by atoms with E-state index in [1.165, 1.54) is 24.0 Å². The maximum atomic E-state index is 13.4. The molecule has 5 aliphatic rings. The number of esters is 1. The number of rotatable bonds is 16. The van der Waals surface area contributed by atoms with Gasteiger partial charge >= 0.3 is 5.97 Å². The van der Waals surface area contributed by atoms with E-state index >= 15 is 0 Å². The molecule has 2 aliphatic heterocycles. The lowest BCUT2D eigenvalue weighted by Crippen LogP contribution is -2.74. The third-order valence-electron chi connectivity index (χ3n) is 11.0. The van der Waals surface area contributed by atoms with Crippen LogP contribution in [-0.4, -0.2) is 35.4 Å². The van der Waals surface area contributed by atoms with Gasteiger partial charge in [-0.1, -0.05) is 74.4 Å². The zero-order chi connectivity index (χ0) is 30.6. The molecule has 0 radical (unpaired) electrons. The van der Waals surface area contributed by atoms with Crippen LogP contribution in [0.2, 0.25) is 0 Å². The minimum absolute atomic E-state index is 0.0465. The number of carbonyl (C=O) groups excluding carboxylic acids is 1. The van der Waals surface area contributed by atoms with Crippen LogP contribution in [0, 0.1) is 11.8 Å². The second-order valence-electron chi connectivity index (χ2n) is 14.1. The minimum atomic E-state index is -0.799. The van der Waals surface area contributed by atoms with Crippen LogP contribution in [0.15, 0.2) is 60.7 Å². The molecule has 2 N–H and O–H groups in total. The van der Waals surface area contributed by atoms with Crippen LogP contribution < -0.4 is 14.8 Å². The van der Waals surface area contributed by atoms with Crippen molar-refractivity contribution in [1.82, 2.24) is 5.32 Å². The summed E-state index contributed by atoms with van der Waals surface area (Å²) in [4.78, 5) is 13.4. The smallest absolute Gasteiger partial charge is 0.311 e. The molecule has 5 nitrogen and oxygen atoms in total. The molecule has 238 valence electrons. The van der Waals surface area contributed by atoms with E-state index in [0.29, 0.717) is 18.1 Å². The zero-order valence-corrected chi connectivity index (χ0v) is 26.8. The Morgan fingerprint density at radius 1 is 1.14 bits per heavy atom. The summed E-state index contributed by atoms with van der Waals surface area (Å²) < 4.78 is 12.8. The highest BCUT2D eigenvalue weighted by Crippen LogP contribution is 2.64. The molecule has 2 heterocycles. The quantitative estimate of drug-likeness (QED) is 0.114. The molecule has 5 heteroatoms. The van der Waals surface area contributed by atoms with E-state index in [2.05, 4.69) is 61.3 Å². The Bertz CT molecular complexity index is 1290. The highest BCUT2D eigenvalue weighted by Gasteiger charge is 2.69. The third-order valence-corrected chi connectivity index (χ3v) is 11.0. The Kier molecular flexibility index (Phi) is 9.83. The van der Waals surface area contributed by atoms with E-state index in [0.717, 1.165) is 107 Å². The van der Waals surface area contributed by atoms with Crippen LogP contribution in [0.4, 0.5) is 0 Å². The number of hydrogen-bond donors (Lipinski definition) is 2. The van der Waals surface area contributed by atoms with Gasteiger partial charge in [0.25, 0.3) is 0 Å². The van der Waals surface area contributed by atoms with Gasteiger partial charge in [-0.15, -0.1) is 0 Å². The van der Waals surface area contributed by atoms with Crippen molar-refractivity contribution in [3.63, 3.8) is 0 Å². The fraction of sp³-hybridized carbons (Fsp3) is 0.615. The summed E-state index contributed by atoms with van der Waals surface area (Å²) in [7, 11) is 0. The second kappa shape index (κ2) is 13.8. The summed E-state index contributed by atoms with van der Waals surface area (Å²) in [5.41, 5.74) is 2.45. The first kappa shape index (κ1) is 31.4. The molecule has 3 aliphatic carbocycles. The minimum Gasteiger partial charge on any atom is -0.485 e. The first-order valence-corrected chi connectivity index (χ1v) is 17.6. The third kappa shape index (κ3) is 6.37. The Hall–Kier alpha value is -2.63. The molecule has 44 heavy (non-hydrogen) atoms. The molecular formula is C39H53NO4. The van der Waals surface area contributed by atoms with E-state index in [9.17, 15) is 9.90 Å². The zero-order valence-electron chi connectivity index (χ0n) is 26.8. The van der Waals surface area contributed by atoms with E-state index in [4.69, 9.17) is 9.47 Å². The highest BCUT2D eigenvalue weighted by molar-refractivity contribution is 5.75. The van der Waals surface area contributed by atoms with Crippen molar-refractivity contribution < 1.29 is 19.4 Å². The number of benzene rings is 1. The molecule has 1 aromatic carbocycles. The maximum Gasteiger partial charge on any atom is 0.311 e. The van der Waals surface area contributed by atoms with Gasteiger partial charge in [-0.2, -0.15) is 0 Å². The topological polar surface area (TPSA) is 67.8 Å². The van der Waals surface area contributed by atoms with Gasteiger partial charge in [-0.25, -0.2) is 0 Å². The van der Waals surface area contributed by atoms with E-state index in [1.807, 2.05) is 6.07 Å². The highest BCUT2D eigenvalue weighted by atomic mass is 16.6. The lowest BCUT2D eigenvalue weighted by molar-refractivity contribution is -0.149. The molecule has 2 unspecified atom stereocenters.